The summed E-state index contributed by atoms with van der Waals surface area (Å²) < 4.78 is 53.3. The van der Waals surface area contributed by atoms with Crippen LogP contribution in [0.3, 0.4) is 0 Å². The van der Waals surface area contributed by atoms with Crippen LogP contribution < -0.4 is 0 Å². The van der Waals surface area contributed by atoms with Gasteiger partial charge in [0.2, 0.25) is 20.0 Å². The topological polar surface area (TPSA) is 78.0 Å². The van der Waals surface area contributed by atoms with E-state index in [4.69, 9.17) is 0 Å². The van der Waals surface area contributed by atoms with Gasteiger partial charge in [0.25, 0.3) is 0 Å². The molecule has 0 amide bonds. The summed E-state index contributed by atoms with van der Waals surface area (Å²) in [5.74, 6) is 0. The van der Waals surface area contributed by atoms with Crippen molar-refractivity contribution in [2.45, 2.75) is 43.5 Å². The molecule has 158 valence electrons. The van der Waals surface area contributed by atoms with Crippen LogP contribution in [0.4, 0.5) is 0 Å². The van der Waals surface area contributed by atoms with E-state index in [1.807, 2.05) is 19.1 Å². The molecule has 0 N–H and O–H groups in total. The molecule has 1 aromatic carbocycles. The first kappa shape index (κ1) is 21.7. The van der Waals surface area contributed by atoms with Crippen molar-refractivity contribution in [2.75, 3.05) is 45.5 Å². The van der Waals surface area contributed by atoms with Crippen LogP contribution in [0.15, 0.2) is 29.2 Å². The van der Waals surface area contributed by atoms with E-state index < -0.39 is 20.0 Å². The van der Waals surface area contributed by atoms with Crippen molar-refractivity contribution in [2.24, 2.45) is 0 Å². The number of hydrogen-bond acceptors (Lipinski definition) is 5. The van der Waals surface area contributed by atoms with Crippen LogP contribution in [0, 0.1) is 0 Å². The molecule has 0 aromatic heterocycles. The van der Waals surface area contributed by atoms with Gasteiger partial charge in [0.1, 0.15) is 0 Å². The Hall–Kier alpha value is -1.00. The fourth-order valence-electron chi connectivity index (χ4n) is 4.46. The van der Waals surface area contributed by atoms with Gasteiger partial charge in [-0.2, -0.15) is 4.31 Å². The van der Waals surface area contributed by atoms with E-state index in [1.165, 1.54) is 6.26 Å². The average molecular weight is 430 g/mol. The molecule has 1 atom stereocenters. The Kier molecular flexibility index (Phi) is 6.22. The fraction of sp³-hybridized carbons (Fsp3) is 0.684. The minimum Gasteiger partial charge on any atom is -0.294 e. The SMILES string of the molecule is CCc1ccccc1S(=O)(=O)N1CCN([C@]2(CC)CCN(S(C)(=O)=O)C2)CC1. The van der Waals surface area contributed by atoms with E-state index >= 15 is 0 Å². The van der Waals surface area contributed by atoms with Gasteiger partial charge in [0.15, 0.2) is 0 Å². The van der Waals surface area contributed by atoms with E-state index in [2.05, 4.69) is 11.8 Å². The molecule has 3 rings (SSSR count). The van der Waals surface area contributed by atoms with Crippen LogP contribution in [0.5, 0.6) is 0 Å². The van der Waals surface area contributed by atoms with Gasteiger partial charge in [-0.05, 0) is 30.9 Å². The van der Waals surface area contributed by atoms with E-state index in [1.54, 1.807) is 20.7 Å². The van der Waals surface area contributed by atoms with Crippen molar-refractivity contribution < 1.29 is 16.8 Å². The first-order valence-corrected chi connectivity index (χ1v) is 13.2. The molecule has 0 aliphatic carbocycles. The van der Waals surface area contributed by atoms with Crippen LogP contribution in [0.1, 0.15) is 32.3 Å². The second-order valence-electron chi connectivity index (χ2n) is 7.78. The maximum atomic E-state index is 13.1. The summed E-state index contributed by atoms with van der Waals surface area (Å²) in [5.41, 5.74) is 0.648. The zero-order valence-corrected chi connectivity index (χ0v) is 18.6. The predicted molar refractivity (Wildman–Crippen MR) is 110 cm³/mol. The Morgan fingerprint density at radius 2 is 1.57 bits per heavy atom. The van der Waals surface area contributed by atoms with Crippen molar-refractivity contribution in [3.05, 3.63) is 29.8 Å². The van der Waals surface area contributed by atoms with Gasteiger partial charge in [-0.1, -0.05) is 32.0 Å². The lowest BCUT2D eigenvalue weighted by molar-refractivity contribution is 0.0600. The quantitative estimate of drug-likeness (QED) is 0.683. The van der Waals surface area contributed by atoms with E-state index in [0.29, 0.717) is 50.6 Å². The van der Waals surface area contributed by atoms with Crippen molar-refractivity contribution in [3.63, 3.8) is 0 Å². The molecule has 2 aliphatic rings. The fourth-order valence-corrected chi connectivity index (χ4v) is 7.08. The molecule has 2 fully saturated rings. The summed E-state index contributed by atoms with van der Waals surface area (Å²) in [7, 11) is -6.71. The highest BCUT2D eigenvalue weighted by molar-refractivity contribution is 7.89. The Morgan fingerprint density at radius 1 is 0.929 bits per heavy atom. The zero-order valence-electron chi connectivity index (χ0n) is 17.0. The molecule has 0 saturated carbocycles. The second-order valence-corrected chi connectivity index (χ2v) is 11.7. The highest BCUT2D eigenvalue weighted by Gasteiger charge is 2.45. The Bertz CT molecular complexity index is 909. The Balaban J connectivity index is 1.74. The van der Waals surface area contributed by atoms with E-state index in [0.717, 1.165) is 18.4 Å². The lowest BCUT2D eigenvalue weighted by Gasteiger charge is -2.45. The van der Waals surface area contributed by atoms with Crippen LogP contribution in [0.2, 0.25) is 0 Å². The van der Waals surface area contributed by atoms with Crippen molar-refractivity contribution in [1.29, 1.82) is 0 Å². The molecular formula is C19H31N3O4S2. The molecule has 28 heavy (non-hydrogen) atoms. The average Bonchev–Trinajstić information content (AvgIpc) is 3.14. The maximum absolute atomic E-state index is 13.1. The third-order valence-electron chi connectivity index (χ3n) is 6.31. The number of sulfonamides is 2. The number of rotatable bonds is 6. The third kappa shape index (κ3) is 4.00. The van der Waals surface area contributed by atoms with E-state index in [9.17, 15) is 16.8 Å². The lowest BCUT2D eigenvalue weighted by Crippen LogP contribution is -2.58. The third-order valence-corrected chi connectivity index (χ3v) is 9.55. The monoisotopic (exact) mass is 429 g/mol. The highest BCUT2D eigenvalue weighted by Crippen LogP contribution is 2.34. The van der Waals surface area contributed by atoms with Gasteiger partial charge in [0.05, 0.1) is 11.2 Å². The zero-order chi connectivity index (χ0) is 20.6. The van der Waals surface area contributed by atoms with Crippen LogP contribution in [-0.4, -0.2) is 81.4 Å². The largest absolute Gasteiger partial charge is 0.294 e. The van der Waals surface area contributed by atoms with E-state index in [-0.39, 0.29) is 5.54 Å². The molecule has 9 heteroatoms. The van der Waals surface area contributed by atoms with Gasteiger partial charge in [0, 0.05) is 44.8 Å². The molecule has 0 bridgehead atoms. The van der Waals surface area contributed by atoms with Crippen LogP contribution in [-0.2, 0) is 26.5 Å². The first-order valence-electron chi connectivity index (χ1n) is 9.92. The molecule has 0 spiro atoms. The summed E-state index contributed by atoms with van der Waals surface area (Å²) in [4.78, 5) is 2.70. The second kappa shape index (κ2) is 8.02. The Labute approximate surface area is 169 Å². The maximum Gasteiger partial charge on any atom is 0.243 e. The summed E-state index contributed by atoms with van der Waals surface area (Å²) >= 11 is 0. The van der Waals surface area contributed by atoms with Gasteiger partial charge in [-0.3, -0.25) is 4.90 Å². The molecule has 0 radical (unpaired) electrons. The van der Waals surface area contributed by atoms with Crippen LogP contribution in [0.25, 0.3) is 0 Å². The summed E-state index contributed by atoms with van der Waals surface area (Å²) in [6.07, 6.45) is 3.58. The number of aryl methyl sites for hydroxylation is 1. The molecule has 2 heterocycles. The molecule has 2 aliphatic heterocycles. The summed E-state index contributed by atoms with van der Waals surface area (Å²) in [6, 6.07) is 7.20. The molecule has 0 unspecified atom stereocenters. The van der Waals surface area contributed by atoms with Gasteiger partial charge in [-0.25, -0.2) is 21.1 Å². The van der Waals surface area contributed by atoms with Crippen LogP contribution >= 0.6 is 0 Å². The number of hydrogen-bond donors (Lipinski definition) is 0. The van der Waals surface area contributed by atoms with Gasteiger partial charge < -0.3 is 0 Å². The first-order chi connectivity index (χ1) is 13.1. The van der Waals surface area contributed by atoms with Crippen molar-refractivity contribution in [1.82, 2.24) is 13.5 Å². The predicted octanol–water partition coefficient (Wildman–Crippen LogP) is 1.37. The molecule has 1 aromatic rings. The number of nitrogens with zero attached hydrogens (tertiary/aromatic N) is 3. The number of piperazine rings is 1. The molecule has 7 nitrogen and oxygen atoms in total. The van der Waals surface area contributed by atoms with Gasteiger partial charge in [-0.15, -0.1) is 0 Å². The minimum absolute atomic E-state index is 0.194. The Morgan fingerprint density at radius 3 is 2.11 bits per heavy atom. The lowest BCUT2D eigenvalue weighted by atomic mass is 9.92. The normalized spacial score (nSPS) is 26.0. The summed E-state index contributed by atoms with van der Waals surface area (Å²) in [6.45, 7) is 7.19. The van der Waals surface area contributed by atoms with Crippen molar-refractivity contribution >= 4 is 20.0 Å². The smallest absolute Gasteiger partial charge is 0.243 e. The highest BCUT2D eigenvalue weighted by atomic mass is 32.2. The number of benzene rings is 1. The molecular weight excluding hydrogens is 398 g/mol. The van der Waals surface area contributed by atoms with Crippen molar-refractivity contribution in [3.8, 4) is 0 Å². The standard InChI is InChI=1S/C19H31N3O4S2/c1-4-17-8-6-7-9-18(17)28(25,26)21-14-12-20(13-15-21)19(5-2)10-11-22(16-19)27(3,23)24/h6-9H,4-5,10-16H2,1-3H3/t19-/m1/s1. The molecule has 2 saturated heterocycles. The minimum atomic E-state index is -3.51. The van der Waals surface area contributed by atoms with Gasteiger partial charge >= 0.3 is 0 Å². The summed E-state index contributed by atoms with van der Waals surface area (Å²) in [5, 5.41) is 0.